The lowest BCUT2D eigenvalue weighted by Gasteiger charge is -2.34. The summed E-state index contributed by atoms with van der Waals surface area (Å²) in [5.41, 5.74) is 1.01. The second kappa shape index (κ2) is 6.34. The Morgan fingerprint density at radius 1 is 1.14 bits per heavy atom. The fourth-order valence-electron chi connectivity index (χ4n) is 2.26. The van der Waals surface area contributed by atoms with E-state index in [2.05, 4.69) is 0 Å². The van der Waals surface area contributed by atoms with Crippen LogP contribution in [0.5, 0.6) is 0 Å². The van der Waals surface area contributed by atoms with Crippen LogP contribution in [0.4, 0.5) is 0 Å². The van der Waals surface area contributed by atoms with Crippen molar-refractivity contribution in [2.24, 2.45) is 0 Å². The van der Waals surface area contributed by atoms with Crippen LogP contribution in [0, 0.1) is 6.92 Å². The SMILES string of the molecule is Cc1ccc(S(=O)(=O)N2CCN(C(=O)[C@@H](C)Cl)CC2)cc1. The largest absolute Gasteiger partial charge is 0.339 e. The van der Waals surface area contributed by atoms with Gasteiger partial charge in [0.15, 0.2) is 0 Å². The van der Waals surface area contributed by atoms with Crippen molar-refractivity contribution in [2.75, 3.05) is 26.2 Å². The van der Waals surface area contributed by atoms with Crippen LogP contribution < -0.4 is 0 Å². The normalized spacial score (nSPS) is 18.5. The number of aryl methyl sites for hydroxylation is 1. The lowest BCUT2D eigenvalue weighted by molar-refractivity contribution is -0.131. The highest BCUT2D eigenvalue weighted by atomic mass is 35.5. The number of nitrogens with zero attached hydrogens (tertiary/aromatic N) is 2. The first-order chi connectivity index (χ1) is 9.82. The molecule has 0 spiro atoms. The molecule has 0 unspecified atom stereocenters. The Kier molecular flexibility index (Phi) is 4.91. The summed E-state index contributed by atoms with van der Waals surface area (Å²) < 4.78 is 26.4. The van der Waals surface area contributed by atoms with Crippen molar-refractivity contribution < 1.29 is 13.2 Å². The van der Waals surface area contributed by atoms with E-state index in [1.807, 2.05) is 6.92 Å². The molecule has 0 radical (unpaired) electrons. The molecule has 2 rings (SSSR count). The third-order valence-electron chi connectivity index (χ3n) is 3.55. The Labute approximate surface area is 130 Å². The topological polar surface area (TPSA) is 57.7 Å². The standard InChI is InChI=1S/C14H19ClN2O3S/c1-11-3-5-13(6-4-11)21(19,20)17-9-7-16(8-10-17)14(18)12(2)15/h3-6,12H,7-10H2,1-2H3/t12-/m1/s1. The minimum absolute atomic E-state index is 0.149. The highest BCUT2D eigenvalue weighted by molar-refractivity contribution is 7.89. The molecule has 1 heterocycles. The molecular formula is C14H19ClN2O3S. The van der Waals surface area contributed by atoms with Gasteiger partial charge in [0.1, 0.15) is 5.38 Å². The van der Waals surface area contributed by atoms with E-state index in [0.29, 0.717) is 31.1 Å². The van der Waals surface area contributed by atoms with Gasteiger partial charge in [-0.15, -0.1) is 11.6 Å². The summed E-state index contributed by atoms with van der Waals surface area (Å²) in [7, 11) is -3.49. The first-order valence-electron chi connectivity index (χ1n) is 6.82. The number of hydrogen-bond donors (Lipinski definition) is 0. The van der Waals surface area contributed by atoms with Crippen LogP contribution in [0.1, 0.15) is 12.5 Å². The number of carbonyl (C=O) groups is 1. The quantitative estimate of drug-likeness (QED) is 0.788. The highest BCUT2D eigenvalue weighted by Gasteiger charge is 2.30. The predicted octanol–water partition coefficient (Wildman–Crippen LogP) is 1.46. The van der Waals surface area contributed by atoms with E-state index in [4.69, 9.17) is 11.6 Å². The molecule has 0 bridgehead atoms. The van der Waals surface area contributed by atoms with E-state index in [1.54, 1.807) is 36.1 Å². The molecule has 116 valence electrons. The first kappa shape index (κ1) is 16.3. The van der Waals surface area contributed by atoms with E-state index < -0.39 is 15.4 Å². The minimum Gasteiger partial charge on any atom is -0.339 e. The van der Waals surface area contributed by atoms with Gasteiger partial charge in [-0.3, -0.25) is 4.79 Å². The lowest BCUT2D eigenvalue weighted by Crippen LogP contribution is -2.51. The number of amides is 1. The average Bonchev–Trinajstić information content (AvgIpc) is 2.47. The van der Waals surface area contributed by atoms with E-state index in [1.165, 1.54) is 4.31 Å². The van der Waals surface area contributed by atoms with Gasteiger partial charge >= 0.3 is 0 Å². The first-order valence-corrected chi connectivity index (χ1v) is 8.69. The smallest absolute Gasteiger partial charge is 0.243 e. The summed E-state index contributed by atoms with van der Waals surface area (Å²) in [4.78, 5) is 13.7. The van der Waals surface area contributed by atoms with Gasteiger partial charge in [0.05, 0.1) is 4.90 Å². The van der Waals surface area contributed by atoms with Crippen molar-refractivity contribution in [1.82, 2.24) is 9.21 Å². The summed E-state index contributed by atoms with van der Waals surface area (Å²) in [6, 6.07) is 6.79. The van der Waals surface area contributed by atoms with Crippen LogP contribution in [-0.2, 0) is 14.8 Å². The fraction of sp³-hybridized carbons (Fsp3) is 0.500. The van der Waals surface area contributed by atoms with E-state index in [-0.39, 0.29) is 5.91 Å². The zero-order valence-corrected chi connectivity index (χ0v) is 13.7. The van der Waals surface area contributed by atoms with Crippen LogP contribution >= 0.6 is 11.6 Å². The summed E-state index contributed by atoms with van der Waals surface area (Å²) in [6.07, 6.45) is 0. The molecule has 1 saturated heterocycles. The summed E-state index contributed by atoms with van der Waals surface area (Å²) >= 11 is 5.78. The number of alkyl halides is 1. The van der Waals surface area contributed by atoms with Gasteiger partial charge in [0, 0.05) is 26.2 Å². The molecule has 7 heteroatoms. The maximum Gasteiger partial charge on any atom is 0.243 e. The lowest BCUT2D eigenvalue weighted by atomic mass is 10.2. The van der Waals surface area contributed by atoms with Crippen molar-refractivity contribution in [3.05, 3.63) is 29.8 Å². The fourth-order valence-corrected chi connectivity index (χ4v) is 3.82. The molecule has 1 aromatic carbocycles. The van der Waals surface area contributed by atoms with Crippen LogP contribution in [-0.4, -0.2) is 55.1 Å². The van der Waals surface area contributed by atoms with E-state index >= 15 is 0 Å². The Morgan fingerprint density at radius 3 is 2.14 bits per heavy atom. The number of carbonyl (C=O) groups excluding carboxylic acids is 1. The molecule has 1 amide bonds. The van der Waals surface area contributed by atoms with Crippen molar-refractivity contribution in [3.8, 4) is 0 Å². The van der Waals surface area contributed by atoms with Crippen molar-refractivity contribution in [1.29, 1.82) is 0 Å². The molecule has 1 aliphatic heterocycles. The monoisotopic (exact) mass is 330 g/mol. The number of halogens is 1. The molecular weight excluding hydrogens is 312 g/mol. The van der Waals surface area contributed by atoms with Gasteiger partial charge < -0.3 is 4.90 Å². The number of piperazine rings is 1. The van der Waals surface area contributed by atoms with Gasteiger partial charge in [-0.1, -0.05) is 17.7 Å². The number of sulfonamides is 1. The third kappa shape index (κ3) is 3.56. The van der Waals surface area contributed by atoms with Gasteiger partial charge in [-0.05, 0) is 26.0 Å². The highest BCUT2D eigenvalue weighted by Crippen LogP contribution is 2.18. The summed E-state index contributed by atoms with van der Waals surface area (Å²) in [6.45, 7) is 4.88. The predicted molar refractivity (Wildman–Crippen MR) is 81.8 cm³/mol. The Hall–Kier alpha value is -1.11. The Morgan fingerprint density at radius 2 is 1.67 bits per heavy atom. The number of benzene rings is 1. The zero-order chi connectivity index (χ0) is 15.6. The molecule has 1 aromatic rings. The molecule has 1 aliphatic rings. The number of hydrogen-bond acceptors (Lipinski definition) is 3. The average molecular weight is 331 g/mol. The molecule has 0 saturated carbocycles. The van der Waals surface area contributed by atoms with E-state index in [9.17, 15) is 13.2 Å². The van der Waals surface area contributed by atoms with Crippen LogP contribution in [0.15, 0.2) is 29.2 Å². The van der Waals surface area contributed by atoms with Crippen molar-refractivity contribution in [2.45, 2.75) is 24.1 Å². The Bertz CT molecular complexity index is 606. The molecule has 1 atom stereocenters. The van der Waals surface area contributed by atoms with Crippen LogP contribution in [0.3, 0.4) is 0 Å². The second-order valence-electron chi connectivity index (χ2n) is 5.16. The van der Waals surface area contributed by atoms with Gasteiger partial charge in [0.25, 0.3) is 0 Å². The molecule has 0 aromatic heterocycles. The van der Waals surface area contributed by atoms with Crippen molar-refractivity contribution in [3.63, 3.8) is 0 Å². The Balaban J connectivity index is 2.07. The van der Waals surface area contributed by atoms with Crippen LogP contribution in [0.2, 0.25) is 0 Å². The molecule has 1 fully saturated rings. The second-order valence-corrected chi connectivity index (χ2v) is 7.75. The minimum atomic E-state index is -3.49. The summed E-state index contributed by atoms with van der Waals surface area (Å²) in [5.74, 6) is -0.149. The molecule has 0 aliphatic carbocycles. The van der Waals surface area contributed by atoms with Crippen molar-refractivity contribution >= 4 is 27.5 Å². The summed E-state index contributed by atoms with van der Waals surface area (Å²) in [5, 5.41) is -0.578. The maximum absolute atomic E-state index is 12.5. The molecule has 0 N–H and O–H groups in total. The third-order valence-corrected chi connectivity index (χ3v) is 5.65. The van der Waals surface area contributed by atoms with E-state index in [0.717, 1.165) is 5.56 Å². The van der Waals surface area contributed by atoms with Gasteiger partial charge in [-0.2, -0.15) is 4.31 Å². The number of rotatable bonds is 3. The molecule has 21 heavy (non-hydrogen) atoms. The van der Waals surface area contributed by atoms with Gasteiger partial charge in [-0.25, -0.2) is 8.42 Å². The zero-order valence-electron chi connectivity index (χ0n) is 12.1. The molecule has 5 nitrogen and oxygen atoms in total. The van der Waals surface area contributed by atoms with Crippen LogP contribution in [0.25, 0.3) is 0 Å². The maximum atomic E-state index is 12.5. The van der Waals surface area contributed by atoms with Gasteiger partial charge in [0.2, 0.25) is 15.9 Å².